The van der Waals surface area contributed by atoms with Gasteiger partial charge in [-0.3, -0.25) is 4.90 Å². The average molecular weight is 371 g/mol. The zero-order valence-electron chi connectivity index (χ0n) is 14.8. The molecule has 2 nitrogen and oxygen atoms in total. The summed E-state index contributed by atoms with van der Waals surface area (Å²) in [5.74, 6) is 0. The SMILES string of the molecule is FC(F)(F)c1cccc(C2=CCN(CCc3ccc4occc4c3)CC2)c1. The Morgan fingerprint density at radius 3 is 2.70 bits per heavy atom. The van der Waals surface area contributed by atoms with Gasteiger partial charge in [0.2, 0.25) is 0 Å². The van der Waals surface area contributed by atoms with Crippen LogP contribution in [0.2, 0.25) is 0 Å². The van der Waals surface area contributed by atoms with Crippen molar-refractivity contribution in [2.45, 2.75) is 19.0 Å². The standard InChI is InChI=1S/C22H20F3NO/c23-22(24,25)20-3-1-2-18(15-20)17-7-11-26(12-8-17)10-6-16-4-5-21-19(14-16)9-13-27-21/h1-5,7,9,13-15H,6,8,10-12H2. The van der Waals surface area contributed by atoms with Crippen LogP contribution in [0, 0.1) is 0 Å². The number of hydrogen-bond donors (Lipinski definition) is 0. The minimum atomic E-state index is -4.30. The second-order valence-electron chi connectivity index (χ2n) is 6.90. The van der Waals surface area contributed by atoms with E-state index in [4.69, 9.17) is 4.42 Å². The number of fused-ring (bicyclic) bond motifs is 1. The summed E-state index contributed by atoms with van der Waals surface area (Å²) in [6, 6.07) is 13.8. The Bertz CT molecular complexity index is 971. The van der Waals surface area contributed by atoms with Crippen LogP contribution in [0.1, 0.15) is 23.1 Å². The molecule has 1 aromatic heterocycles. The molecule has 5 heteroatoms. The van der Waals surface area contributed by atoms with E-state index in [1.165, 1.54) is 17.7 Å². The molecule has 0 fully saturated rings. The van der Waals surface area contributed by atoms with Crippen molar-refractivity contribution in [3.8, 4) is 0 Å². The first kappa shape index (κ1) is 17.9. The van der Waals surface area contributed by atoms with Gasteiger partial charge in [0.1, 0.15) is 5.58 Å². The number of hydrogen-bond acceptors (Lipinski definition) is 2. The third kappa shape index (κ3) is 4.08. The van der Waals surface area contributed by atoms with Crippen LogP contribution in [0.5, 0.6) is 0 Å². The first-order valence-corrected chi connectivity index (χ1v) is 9.04. The summed E-state index contributed by atoms with van der Waals surface area (Å²) in [5.41, 5.74) is 3.24. The molecule has 27 heavy (non-hydrogen) atoms. The molecule has 3 aromatic rings. The Labute approximate surface area is 155 Å². The summed E-state index contributed by atoms with van der Waals surface area (Å²) in [6.07, 6.45) is 1.15. The zero-order chi connectivity index (χ0) is 18.9. The van der Waals surface area contributed by atoms with Crippen molar-refractivity contribution in [1.82, 2.24) is 4.90 Å². The van der Waals surface area contributed by atoms with Gasteiger partial charge in [-0.2, -0.15) is 13.2 Å². The van der Waals surface area contributed by atoms with Crippen LogP contribution in [0.25, 0.3) is 16.5 Å². The van der Waals surface area contributed by atoms with E-state index in [0.717, 1.165) is 55.1 Å². The fourth-order valence-electron chi connectivity index (χ4n) is 3.53. The highest BCUT2D eigenvalue weighted by atomic mass is 19.4. The molecular weight excluding hydrogens is 351 g/mol. The number of furan rings is 1. The number of nitrogens with zero attached hydrogens (tertiary/aromatic N) is 1. The minimum absolute atomic E-state index is 0.585. The molecule has 0 saturated heterocycles. The lowest BCUT2D eigenvalue weighted by atomic mass is 9.97. The third-order valence-corrected chi connectivity index (χ3v) is 5.09. The molecule has 0 saturated carbocycles. The van der Waals surface area contributed by atoms with Crippen LogP contribution in [0.3, 0.4) is 0 Å². The highest BCUT2D eigenvalue weighted by Gasteiger charge is 2.30. The van der Waals surface area contributed by atoms with E-state index in [-0.39, 0.29) is 0 Å². The van der Waals surface area contributed by atoms with E-state index < -0.39 is 11.7 Å². The van der Waals surface area contributed by atoms with Gasteiger partial charge >= 0.3 is 6.18 Å². The summed E-state index contributed by atoms with van der Waals surface area (Å²) < 4.78 is 44.1. The third-order valence-electron chi connectivity index (χ3n) is 5.09. The molecule has 2 heterocycles. The van der Waals surface area contributed by atoms with Gasteiger partial charge in [-0.15, -0.1) is 0 Å². The molecule has 0 unspecified atom stereocenters. The van der Waals surface area contributed by atoms with Crippen molar-refractivity contribution in [1.29, 1.82) is 0 Å². The van der Waals surface area contributed by atoms with Crippen molar-refractivity contribution in [3.63, 3.8) is 0 Å². The molecule has 0 aliphatic carbocycles. The maximum atomic E-state index is 12.9. The van der Waals surface area contributed by atoms with Gasteiger partial charge < -0.3 is 4.42 Å². The maximum absolute atomic E-state index is 12.9. The summed E-state index contributed by atoms with van der Waals surface area (Å²) >= 11 is 0. The number of benzene rings is 2. The summed E-state index contributed by atoms with van der Waals surface area (Å²) in [6.45, 7) is 2.55. The largest absolute Gasteiger partial charge is 0.464 e. The van der Waals surface area contributed by atoms with Crippen LogP contribution in [-0.2, 0) is 12.6 Å². The fourth-order valence-corrected chi connectivity index (χ4v) is 3.53. The summed E-state index contributed by atoms with van der Waals surface area (Å²) in [7, 11) is 0. The van der Waals surface area contributed by atoms with Crippen molar-refractivity contribution < 1.29 is 17.6 Å². The lowest BCUT2D eigenvalue weighted by molar-refractivity contribution is -0.137. The van der Waals surface area contributed by atoms with Crippen LogP contribution in [0.4, 0.5) is 13.2 Å². The average Bonchev–Trinajstić information content (AvgIpc) is 3.14. The molecule has 0 spiro atoms. The quantitative estimate of drug-likeness (QED) is 0.578. The van der Waals surface area contributed by atoms with E-state index in [9.17, 15) is 13.2 Å². The molecule has 1 aliphatic rings. The molecule has 4 rings (SSSR count). The zero-order valence-corrected chi connectivity index (χ0v) is 14.8. The second kappa shape index (κ2) is 7.24. The topological polar surface area (TPSA) is 16.4 Å². The number of alkyl halides is 3. The van der Waals surface area contributed by atoms with Gasteiger partial charge in [0.25, 0.3) is 0 Å². The highest BCUT2D eigenvalue weighted by molar-refractivity contribution is 5.77. The van der Waals surface area contributed by atoms with Gasteiger partial charge in [0, 0.05) is 25.0 Å². The van der Waals surface area contributed by atoms with Crippen molar-refractivity contribution >= 4 is 16.5 Å². The molecule has 0 bridgehead atoms. The molecular formula is C22H20F3NO. The van der Waals surface area contributed by atoms with E-state index in [0.29, 0.717) is 5.56 Å². The highest BCUT2D eigenvalue weighted by Crippen LogP contribution is 2.32. The second-order valence-corrected chi connectivity index (χ2v) is 6.90. The monoisotopic (exact) mass is 371 g/mol. The Morgan fingerprint density at radius 1 is 1.04 bits per heavy atom. The van der Waals surface area contributed by atoms with Gasteiger partial charge in [-0.05, 0) is 59.9 Å². The molecule has 0 N–H and O–H groups in total. The Kier molecular flexibility index (Phi) is 4.79. The fraction of sp³-hybridized carbons (Fsp3) is 0.273. The van der Waals surface area contributed by atoms with Gasteiger partial charge in [0.05, 0.1) is 11.8 Å². The van der Waals surface area contributed by atoms with Gasteiger partial charge in [-0.1, -0.05) is 24.3 Å². The Morgan fingerprint density at radius 2 is 1.93 bits per heavy atom. The van der Waals surface area contributed by atoms with Crippen LogP contribution in [0.15, 0.2) is 65.3 Å². The van der Waals surface area contributed by atoms with Crippen molar-refractivity contribution in [2.75, 3.05) is 19.6 Å². The molecule has 0 radical (unpaired) electrons. The lowest BCUT2D eigenvalue weighted by Gasteiger charge is -2.26. The molecule has 1 aliphatic heterocycles. The lowest BCUT2D eigenvalue weighted by Crippen LogP contribution is -2.30. The smallest absolute Gasteiger partial charge is 0.416 e. The maximum Gasteiger partial charge on any atom is 0.416 e. The minimum Gasteiger partial charge on any atom is -0.464 e. The molecule has 2 aromatic carbocycles. The van der Waals surface area contributed by atoms with E-state index in [2.05, 4.69) is 23.1 Å². The molecule has 0 amide bonds. The van der Waals surface area contributed by atoms with Crippen LogP contribution >= 0.6 is 0 Å². The Hall–Kier alpha value is -2.53. The first-order chi connectivity index (χ1) is 13.0. The molecule has 0 atom stereocenters. The number of halogens is 3. The van der Waals surface area contributed by atoms with Crippen LogP contribution in [-0.4, -0.2) is 24.5 Å². The van der Waals surface area contributed by atoms with Crippen molar-refractivity contribution in [2.24, 2.45) is 0 Å². The van der Waals surface area contributed by atoms with Gasteiger partial charge in [0.15, 0.2) is 0 Å². The first-order valence-electron chi connectivity index (χ1n) is 9.04. The normalized spacial score (nSPS) is 15.9. The molecule has 140 valence electrons. The number of rotatable bonds is 4. The van der Waals surface area contributed by atoms with Gasteiger partial charge in [-0.25, -0.2) is 0 Å². The predicted octanol–water partition coefficient (Wildman–Crippen LogP) is 5.78. The Balaban J connectivity index is 1.38. The summed E-state index contributed by atoms with van der Waals surface area (Å²) in [4.78, 5) is 2.33. The van der Waals surface area contributed by atoms with E-state index in [1.807, 2.05) is 12.1 Å². The van der Waals surface area contributed by atoms with Crippen LogP contribution < -0.4 is 0 Å². The van der Waals surface area contributed by atoms with E-state index in [1.54, 1.807) is 12.3 Å². The summed E-state index contributed by atoms with van der Waals surface area (Å²) in [5, 5.41) is 1.11. The van der Waals surface area contributed by atoms with Crippen molar-refractivity contribution in [3.05, 3.63) is 77.6 Å². The predicted molar refractivity (Wildman–Crippen MR) is 100 cm³/mol. The van der Waals surface area contributed by atoms with E-state index >= 15 is 0 Å².